The van der Waals surface area contributed by atoms with Crippen LogP contribution in [0.3, 0.4) is 0 Å². The predicted molar refractivity (Wildman–Crippen MR) is 82.6 cm³/mol. The lowest BCUT2D eigenvalue weighted by molar-refractivity contribution is 0.528. The van der Waals surface area contributed by atoms with Gasteiger partial charge in [-0.05, 0) is 42.6 Å². The molecule has 20 heavy (non-hydrogen) atoms. The maximum absolute atomic E-state index is 13.2. The Hall–Kier alpha value is -1.38. The Labute approximate surface area is 124 Å². The first-order valence-corrected chi connectivity index (χ1v) is 7.30. The van der Waals surface area contributed by atoms with Crippen LogP contribution < -0.4 is 5.32 Å². The number of hydrogen-bond donors (Lipinski definition) is 1. The molecule has 1 nitrogen and oxygen atoms in total. The number of rotatable bonds is 6. The summed E-state index contributed by atoms with van der Waals surface area (Å²) in [4.78, 5) is 0. The van der Waals surface area contributed by atoms with Crippen LogP contribution in [-0.4, -0.2) is 6.54 Å². The number of hydrogen-bond acceptors (Lipinski definition) is 1. The molecule has 0 heterocycles. The van der Waals surface area contributed by atoms with Gasteiger partial charge in [-0.15, -0.1) is 0 Å². The van der Waals surface area contributed by atoms with Gasteiger partial charge in [-0.1, -0.05) is 54.9 Å². The third-order valence-electron chi connectivity index (χ3n) is 3.26. The van der Waals surface area contributed by atoms with Gasteiger partial charge in [0.05, 0.1) is 0 Å². The van der Waals surface area contributed by atoms with Crippen LogP contribution in [0.1, 0.15) is 30.5 Å². The van der Waals surface area contributed by atoms with Crippen molar-refractivity contribution in [2.24, 2.45) is 0 Å². The average molecular weight is 292 g/mol. The van der Waals surface area contributed by atoms with Gasteiger partial charge in [0.15, 0.2) is 0 Å². The van der Waals surface area contributed by atoms with Crippen LogP contribution in [0.25, 0.3) is 0 Å². The zero-order valence-corrected chi connectivity index (χ0v) is 12.3. The summed E-state index contributed by atoms with van der Waals surface area (Å²) in [7, 11) is 0. The molecule has 1 N–H and O–H groups in total. The molecule has 0 radical (unpaired) electrons. The van der Waals surface area contributed by atoms with Crippen molar-refractivity contribution in [3.05, 3.63) is 70.5 Å². The Morgan fingerprint density at radius 3 is 2.55 bits per heavy atom. The van der Waals surface area contributed by atoms with E-state index in [9.17, 15) is 4.39 Å². The normalized spacial score (nSPS) is 12.3. The SMILES string of the molecule is CCCNC(Cc1ccccc1)c1ccc(F)cc1Cl. The summed E-state index contributed by atoms with van der Waals surface area (Å²) in [5.41, 5.74) is 2.19. The van der Waals surface area contributed by atoms with Gasteiger partial charge in [0.25, 0.3) is 0 Å². The second-order valence-corrected chi connectivity index (χ2v) is 5.27. The van der Waals surface area contributed by atoms with Gasteiger partial charge in [-0.3, -0.25) is 0 Å². The summed E-state index contributed by atoms with van der Waals surface area (Å²) in [6.07, 6.45) is 1.89. The lowest BCUT2D eigenvalue weighted by Crippen LogP contribution is -2.24. The maximum atomic E-state index is 13.2. The first-order valence-electron chi connectivity index (χ1n) is 6.93. The maximum Gasteiger partial charge on any atom is 0.124 e. The minimum Gasteiger partial charge on any atom is -0.310 e. The van der Waals surface area contributed by atoms with Crippen LogP contribution >= 0.6 is 11.6 Å². The summed E-state index contributed by atoms with van der Waals surface area (Å²) in [6.45, 7) is 3.03. The van der Waals surface area contributed by atoms with Gasteiger partial charge >= 0.3 is 0 Å². The van der Waals surface area contributed by atoms with Gasteiger partial charge in [-0.25, -0.2) is 4.39 Å². The lowest BCUT2D eigenvalue weighted by atomic mass is 9.98. The summed E-state index contributed by atoms with van der Waals surface area (Å²) < 4.78 is 13.2. The summed E-state index contributed by atoms with van der Waals surface area (Å²) in [6, 6.07) is 15.0. The van der Waals surface area contributed by atoms with Crippen molar-refractivity contribution >= 4 is 11.6 Å². The lowest BCUT2D eigenvalue weighted by Gasteiger charge is -2.20. The van der Waals surface area contributed by atoms with Crippen molar-refractivity contribution < 1.29 is 4.39 Å². The second kappa shape index (κ2) is 7.41. The summed E-state index contributed by atoms with van der Waals surface area (Å²) in [5, 5.41) is 3.97. The fourth-order valence-electron chi connectivity index (χ4n) is 2.24. The Kier molecular flexibility index (Phi) is 5.57. The fraction of sp³-hybridized carbons (Fsp3) is 0.294. The summed E-state index contributed by atoms with van der Waals surface area (Å²) >= 11 is 6.19. The molecule has 0 aliphatic carbocycles. The number of halogens is 2. The molecule has 0 aliphatic rings. The smallest absolute Gasteiger partial charge is 0.124 e. The molecule has 2 aromatic carbocycles. The zero-order chi connectivity index (χ0) is 14.4. The molecule has 0 amide bonds. The molecule has 0 spiro atoms. The van der Waals surface area contributed by atoms with Crippen molar-refractivity contribution in [2.45, 2.75) is 25.8 Å². The van der Waals surface area contributed by atoms with Crippen LogP contribution in [0.15, 0.2) is 48.5 Å². The second-order valence-electron chi connectivity index (χ2n) is 4.86. The van der Waals surface area contributed by atoms with Gasteiger partial charge in [0, 0.05) is 11.1 Å². The van der Waals surface area contributed by atoms with E-state index in [1.54, 1.807) is 6.07 Å². The Morgan fingerprint density at radius 1 is 1.15 bits per heavy atom. The molecule has 0 saturated heterocycles. The molecule has 0 fully saturated rings. The van der Waals surface area contributed by atoms with Crippen LogP contribution in [-0.2, 0) is 6.42 Å². The highest BCUT2D eigenvalue weighted by Gasteiger charge is 2.15. The highest BCUT2D eigenvalue weighted by Crippen LogP contribution is 2.26. The molecule has 1 unspecified atom stereocenters. The molecule has 0 bridgehead atoms. The van der Waals surface area contributed by atoms with Crippen molar-refractivity contribution in [3.8, 4) is 0 Å². The van der Waals surface area contributed by atoms with Gasteiger partial charge in [0.1, 0.15) is 5.82 Å². The Balaban J connectivity index is 2.22. The first-order chi connectivity index (χ1) is 9.70. The van der Waals surface area contributed by atoms with E-state index in [1.807, 2.05) is 18.2 Å². The van der Waals surface area contributed by atoms with E-state index in [2.05, 4.69) is 24.4 Å². The minimum absolute atomic E-state index is 0.102. The van der Waals surface area contributed by atoms with E-state index >= 15 is 0 Å². The van der Waals surface area contributed by atoms with Gasteiger partial charge in [-0.2, -0.15) is 0 Å². The van der Waals surface area contributed by atoms with Gasteiger partial charge < -0.3 is 5.32 Å². The molecule has 2 rings (SSSR count). The largest absolute Gasteiger partial charge is 0.310 e. The van der Waals surface area contributed by atoms with Crippen LogP contribution in [0.2, 0.25) is 5.02 Å². The molecule has 0 saturated carbocycles. The standard InChI is InChI=1S/C17H19ClFN/c1-2-10-20-17(11-13-6-4-3-5-7-13)15-9-8-14(19)12-16(15)18/h3-9,12,17,20H,2,10-11H2,1H3. The summed E-state index contributed by atoms with van der Waals surface area (Å²) in [5.74, 6) is -0.298. The third-order valence-corrected chi connectivity index (χ3v) is 3.59. The molecular formula is C17H19ClFN. The van der Waals surface area contributed by atoms with Crippen LogP contribution in [0.4, 0.5) is 4.39 Å². The van der Waals surface area contributed by atoms with Crippen molar-refractivity contribution in [1.29, 1.82) is 0 Å². The van der Waals surface area contributed by atoms with E-state index in [1.165, 1.54) is 17.7 Å². The topological polar surface area (TPSA) is 12.0 Å². The Bertz CT molecular complexity index is 542. The highest BCUT2D eigenvalue weighted by molar-refractivity contribution is 6.31. The zero-order valence-electron chi connectivity index (χ0n) is 11.6. The van der Waals surface area contributed by atoms with Crippen molar-refractivity contribution in [1.82, 2.24) is 5.32 Å². The van der Waals surface area contributed by atoms with Crippen molar-refractivity contribution in [3.63, 3.8) is 0 Å². The quantitative estimate of drug-likeness (QED) is 0.809. The highest BCUT2D eigenvalue weighted by atomic mass is 35.5. The fourth-order valence-corrected chi connectivity index (χ4v) is 2.54. The first kappa shape index (κ1) is 15.0. The molecule has 2 aromatic rings. The van der Waals surface area contributed by atoms with Crippen LogP contribution in [0, 0.1) is 5.82 Å². The predicted octanol–water partition coefficient (Wildman–Crippen LogP) is 4.76. The Morgan fingerprint density at radius 2 is 1.90 bits per heavy atom. The average Bonchev–Trinajstić information content (AvgIpc) is 2.45. The number of benzene rings is 2. The van der Waals surface area contributed by atoms with E-state index < -0.39 is 0 Å². The minimum atomic E-state index is -0.298. The van der Waals surface area contributed by atoms with E-state index in [4.69, 9.17) is 11.6 Å². The molecule has 0 aromatic heterocycles. The monoisotopic (exact) mass is 291 g/mol. The van der Waals surface area contributed by atoms with E-state index in [-0.39, 0.29) is 11.9 Å². The van der Waals surface area contributed by atoms with E-state index in [0.29, 0.717) is 5.02 Å². The van der Waals surface area contributed by atoms with Crippen molar-refractivity contribution in [2.75, 3.05) is 6.54 Å². The van der Waals surface area contributed by atoms with Crippen LogP contribution in [0.5, 0.6) is 0 Å². The van der Waals surface area contributed by atoms with Gasteiger partial charge in [0.2, 0.25) is 0 Å². The molecular weight excluding hydrogens is 273 g/mol. The molecule has 1 atom stereocenters. The molecule has 106 valence electrons. The number of nitrogens with one attached hydrogen (secondary N) is 1. The molecule has 3 heteroatoms. The molecule has 0 aliphatic heterocycles. The van der Waals surface area contributed by atoms with E-state index in [0.717, 1.165) is 24.9 Å². The third kappa shape index (κ3) is 4.06.